The summed E-state index contributed by atoms with van der Waals surface area (Å²) in [6.45, 7) is 0. The number of anilines is 3. The normalized spacial score (nSPS) is 10.9. The van der Waals surface area contributed by atoms with Crippen LogP contribution in [0, 0.1) is 0 Å². The van der Waals surface area contributed by atoms with Gasteiger partial charge < -0.3 is 26.7 Å². The third-order valence-corrected chi connectivity index (χ3v) is 3.23. The molecule has 106 valence electrons. The quantitative estimate of drug-likeness (QED) is 0.399. The predicted octanol–water partition coefficient (Wildman–Crippen LogP) is 1.91. The van der Waals surface area contributed by atoms with Crippen molar-refractivity contribution in [2.75, 3.05) is 17.2 Å². The molecule has 3 rings (SSSR count). The van der Waals surface area contributed by atoms with Crippen LogP contribution in [0.25, 0.3) is 22.3 Å². The lowest BCUT2D eigenvalue weighted by atomic mass is 10.1. The number of benzene rings is 2. The number of phenolic OH excluding ortho intramolecular Hbond substituents is 1. The largest absolute Gasteiger partial charge is 0.504 e. The Morgan fingerprint density at radius 2 is 1.81 bits per heavy atom. The molecule has 0 saturated heterocycles. The fourth-order valence-electron chi connectivity index (χ4n) is 2.20. The van der Waals surface area contributed by atoms with E-state index in [1.54, 1.807) is 24.3 Å². The first-order chi connectivity index (χ1) is 9.97. The molecule has 0 aliphatic rings. The molecule has 0 saturated carbocycles. The summed E-state index contributed by atoms with van der Waals surface area (Å²) in [5, 5.41) is 9.81. The topological polar surface area (TPSA) is 128 Å². The van der Waals surface area contributed by atoms with Crippen molar-refractivity contribution in [1.29, 1.82) is 0 Å². The van der Waals surface area contributed by atoms with Crippen LogP contribution in [0.3, 0.4) is 0 Å². The Bertz CT molecular complexity index is 916. The van der Waals surface area contributed by atoms with Crippen LogP contribution in [0.1, 0.15) is 0 Å². The number of aromatic hydroxyl groups is 1. The van der Waals surface area contributed by atoms with Gasteiger partial charge in [-0.25, -0.2) is 0 Å². The second-order valence-corrected chi connectivity index (χ2v) is 4.70. The molecule has 1 heterocycles. The minimum absolute atomic E-state index is 0.0490. The highest BCUT2D eigenvalue weighted by atomic mass is 16.3. The lowest BCUT2D eigenvalue weighted by molar-refractivity contribution is 0.480. The van der Waals surface area contributed by atoms with Gasteiger partial charge in [0.25, 0.3) is 0 Å². The van der Waals surface area contributed by atoms with Gasteiger partial charge in [-0.1, -0.05) is 12.1 Å². The zero-order valence-electron chi connectivity index (χ0n) is 11.0. The molecule has 6 heteroatoms. The Labute approximate surface area is 119 Å². The average Bonchev–Trinajstić information content (AvgIpc) is 2.44. The number of phenols is 1. The molecule has 2 aromatic carbocycles. The Balaban J connectivity index is 2.34. The van der Waals surface area contributed by atoms with Crippen molar-refractivity contribution in [3.63, 3.8) is 0 Å². The standard InChI is InChI=1S/C15H13N3O3/c16-8-3-1-2-7(4-8)11-6-10(19)13-12(21-11)5-9(17)15(20)14(13)18/h1-6,20H,16-18H2. The zero-order chi connectivity index (χ0) is 15.1. The fraction of sp³-hybridized carbons (Fsp3) is 0. The number of nitrogen functional groups attached to an aromatic ring is 3. The van der Waals surface area contributed by atoms with E-state index in [2.05, 4.69) is 0 Å². The van der Waals surface area contributed by atoms with Crippen molar-refractivity contribution in [2.45, 2.75) is 0 Å². The minimum Gasteiger partial charge on any atom is -0.504 e. The highest BCUT2D eigenvalue weighted by Gasteiger charge is 2.14. The van der Waals surface area contributed by atoms with E-state index >= 15 is 0 Å². The van der Waals surface area contributed by atoms with Crippen LogP contribution in [-0.4, -0.2) is 5.11 Å². The van der Waals surface area contributed by atoms with Gasteiger partial charge >= 0.3 is 0 Å². The van der Waals surface area contributed by atoms with Crippen molar-refractivity contribution >= 4 is 28.0 Å². The Morgan fingerprint density at radius 3 is 2.52 bits per heavy atom. The summed E-state index contributed by atoms with van der Waals surface area (Å²) in [6.07, 6.45) is 0. The molecule has 1 aromatic heterocycles. The maximum absolute atomic E-state index is 12.2. The molecular weight excluding hydrogens is 270 g/mol. The van der Waals surface area contributed by atoms with E-state index in [9.17, 15) is 9.90 Å². The van der Waals surface area contributed by atoms with E-state index < -0.39 is 0 Å². The van der Waals surface area contributed by atoms with Crippen molar-refractivity contribution in [3.05, 3.63) is 46.6 Å². The molecule has 0 atom stereocenters. The molecule has 0 aliphatic carbocycles. The summed E-state index contributed by atoms with van der Waals surface area (Å²) < 4.78 is 5.67. The van der Waals surface area contributed by atoms with E-state index in [1.165, 1.54) is 12.1 Å². The van der Waals surface area contributed by atoms with Gasteiger partial charge in [0.05, 0.1) is 16.8 Å². The maximum atomic E-state index is 12.2. The molecule has 0 spiro atoms. The first-order valence-electron chi connectivity index (χ1n) is 6.18. The van der Waals surface area contributed by atoms with Crippen LogP contribution in [0.4, 0.5) is 17.1 Å². The second kappa shape index (κ2) is 4.45. The molecule has 21 heavy (non-hydrogen) atoms. The van der Waals surface area contributed by atoms with Crippen LogP contribution in [0.2, 0.25) is 0 Å². The third-order valence-electron chi connectivity index (χ3n) is 3.23. The van der Waals surface area contributed by atoms with Crippen LogP contribution in [0.5, 0.6) is 5.75 Å². The number of fused-ring (bicyclic) bond motifs is 1. The molecule has 0 bridgehead atoms. The van der Waals surface area contributed by atoms with E-state index in [-0.39, 0.29) is 33.5 Å². The summed E-state index contributed by atoms with van der Waals surface area (Å²) in [6, 6.07) is 9.64. The van der Waals surface area contributed by atoms with Crippen LogP contribution in [-0.2, 0) is 0 Å². The highest BCUT2D eigenvalue weighted by molar-refractivity contribution is 5.97. The molecular formula is C15H13N3O3. The smallest absolute Gasteiger partial charge is 0.195 e. The molecule has 0 radical (unpaired) electrons. The molecule has 0 unspecified atom stereocenters. The summed E-state index contributed by atoms with van der Waals surface area (Å²) >= 11 is 0. The molecule has 6 nitrogen and oxygen atoms in total. The number of nitrogens with two attached hydrogens (primary N) is 3. The predicted molar refractivity (Wildman–Crippen MR) is 82.8 cm³/mol. The number of rotatable bonds is 1. The van der Waals surface area contributed by atoms with Gasteiger partial charge in [-0.3, -0.25) is 4.79 Å². The van der Waals surface area contributed by atoms with Crippen LogP contribution < -0.4 is 22.6 Å². The van der Waals surface area contributed by atoms with E-state index in [4.69, 9.17) is 21.6 Å². The van der Waals surface area contributed by atoms with Gasteiger partial charge in [0, 0.05) is 23.4 Å². The number of hydrogen-bond acceptors (Lipinski definition) is 6. The maximum Gasteiger partial charge on any atom is 0.195 e. The second-order valence-electron chi connectivity index (χ2n) is 4.70. The summed E-state index contributed by atoms with van der Waals surface area (Å²) in [5.74, 6) is 0.0378. The minimum atomic E-state index is -0.360. The van der Waals surface area contributed by atoms with Crippen molar-refractivity contribution in [3.8, 4) is 17.1 Å². The molecule has 0 amide bonds. The van der Waals surface area contributed by atoms with E-state index in [1.807, 2.05) is 0 Å². The van der Waals surface area contributed by atoms with Crippen LogP contribution >= 0.6 is 0 Å². The van der Waals surface area contributed by atoms with E-state index in [0.717, 1.165) is 0 Å². The van der Waals surface area contributed by atoms with Crippen molar-refractivity contribution in [2.24, 2.45) is 0 Å². The molecule has 0 fully saturated rings. The Morgan fingerprint density at radius 1 is 1.05 bits per heavy atom. The van der Waals surface area contributed by atoms with Gasteiger partial charge in [-0.05, 0) is 12.1 Å². The monoisotopic (exact) mass is 283 g/mol. The SMILES string of the molecule is Nc1cccc(-c2cc(=O)c3c(N)c(O)c(N)cc3o2)c1. The van der Waals surface area contributed by atoms with Crippen LogP contribution in [0.15, 0.2) is 45.6 Å². The third kappa shape index (κ3) is 2.02. The van der Waals surface area contributed by atoms with Gasteiger partial charge in [0.1, 0.15) is 11.3 Å². The number of hydrogen-bond donors (Lipinski definition) is 4. The highest BCUT2D eigenvalue weighted by Crippen LogP contribution is 2.35. The molecule has 7 N–H and O–H groups in total. The van der Waals surface area contributed by atoms with E-state index in [0.29, 0.717) is 17.0 Å². The van der Waals surface area contributed by atoms with Gasteiger partial charge in [0.15, 0.2) is 11.2 Å². The first kappa shape index (κ1) is 12.9. The fourth-order valence-corrected chi connectivity index (χ4v) is 2.20. The first-order valence-corrected chi connectivity index (χ1v) is 6.18. The zero-order valence-corrected chi connectivity index (χ0v) is 11.0. The van der Waals surface area contributed by atoms with Gasteiger partial charge in [-0.2, -0.15) is 0 Å². The summed E-state index contributed by atoms with van der Waals surface area (Å²) in [7, 11) is 0. The lowest BCUT2D eigenvalue weighted by Crippen LogP contribution is -2.05. The van der Waals surface area contributed by atoms with Gasteiger partial charge in [-0.15, -0.1) is 0 Å². The Kier molecular flexibility index (Phi) is 2.72. The molecule has 0 aliphatic heterocycles. The molecule has 3 aromatic rings. The summed E-state index contributed by atoms with van der Waals surface area (Å²) in [4.78, 5) is 12.2. The van der Waals surface area contributed by atoms with Crippen molar-refractivity contribution < 1.29 is 9.52 Å². The lowest BCUT2D eigenvalue weighted by Gasteiger charge is -2.08. The van der Waals surface area contributed by atoms with Crippen molar-refractivity contribution in [1.82, 2.24) is 0 Å². The average molecular weight is 283 g/mol. The summed E-state index contributed by atoms with van der Waals surface area (Å²) in [5.41, 5.74) is 18.1. The Hall–Kier alpha value is -3.15. The van der Waals surface area contributed by atoms with Gasteiger partial charge in [0.2, 0.25) is 0 Å².